The maximum absolute atomic E-state index is 12.5. The molecule has 186 valence electrons. The number of carbonyl (C=O) groups is 3. The quantitative estimate of drug-likeness (QED) is 0.471. The van der Waals surface area contributed by atoms with Gasteiger partial charge in [-0.3, -0.25) is 14.6 Å². The normalized spacial score (nSPS) is 12.4. The summed E-state index contributed by atoms with van der Waals surface area (Å²) in [6.45, 7) is 7.70. The highest BCUT2D eigenvalue weighted by molar-refractivity contribution is 5.92. The van der Waals surface area contributed by atoms with Crippen LogP contribution in [0.4, 0.5) is 13.2 Å². The van der Waals surface area contributed by atoms with Gasteiger partial charge in [0, 0.05) is 32.4 Å². The number of hydrogen-bond acceptors (Lipinski definition) is 7. The van der Waals surface area contributed by atoms with E-state index in [1.807, 2.05) is 39.8 Å². The Morgan fingerprint density at radius 1 is 1.18 bits per heavy atom. The summed E-state index contributed by atoms with van der Waals surface area (Å²) in [4.78, 5) is 48.1. The van der Waals surface area contributed by atoms with E-state index in [1.54, 1.807) is 4.90 Å². The van der Waals surface area contributed by atoms with E-state index in [4.69, 9.17) is 0 Å². The molecule has 0 spiro atoms. The van der Waals surface area contributed by atoms with Crippen LogP contribution < -0.4 is 10.8 Å². The van der Waals surface area contributed by atoms with Gasteiger partial charge in [0.1, 0.15) is 0 Å². The van der Waals surface area contributed by atoms with E-state index in [0.29, 0.717) is 30.8 Å². The van der Waals surface area contributed by atoms with Crippen LogP contribution in [0, 0.1) is 0 Å². The summed E-state index contributed by atoms with van der Waals surface area (Å²) in [5.74, 6) is -3.79. The van der Waals surface area contributed by atoms with Gasteiger partial charge in [0.25, 0.3) is 0 Å². The van der Waals surface area contributed by atoms with E-state index in [9.17, 15) is 27.6 Å². The summed E-state index contributed by atoms with van der Waals surface area (Å²) in [5.41, 5.74) is 2.05. The van der Waals surface area contributed by atoms with Crippen molar-refractivity contribution in [2.45, 2.75) is 45.8 Å². The summed E-state index contributed by atoms with van der Waals surface area (Å²) in [6, 6.07) is 1.32. The molecule has 0 aliphatic carbocycles. The van der Waals surface area contributed by atoms with E-state index in [1.165, 1.54) is 12.3 Å². The van der Waals surface area contributed by atoms with Crippen LogP contribution in [0.25, 0.3) is 0 Å². The minimum atomic E-state index is -5.18. The van der Waals surface area contributed by atoms with Gasteiger partial charge in [0.05, 0.1) is 17.8 Å². The van der Waals surface area contributed by atoms with Crippen LogP contribution in [-0.4, -0.2) is 79.0 Å². The highest BCUT2D eigenvalue weighted by Gasteiger charge is 2.40. The van der Waals surface area contributed by atoms with Gasteiger partial charge < -0.3 is 20.0 Å². The van der Waals surface area contributed by atoms with Crippen molar-refractivity contribution in [1.82, 2.24) is 25.6 Å². The third-order valence-corrected chi connectivity index (χ3v) is 5.01. The maximum atomic E-state index is 12.5. The molecular formula is C21H32F3N5O4. The average molecular weight is 476 g/mol. The molecule has 1 aromatic rings. The van der Waals surface area contributed by atoms with Crippen molar-refractivity contribution in [3.05, 3.63) is 29.1 Å². The zero-order valence-electron chi connectivity index (χ0n) is 19.6. The molecule has 0 aromatic carbocycles. The van der Waals surface area contributed by atoms with Crippen LogP contribution in [0.5, 0.6) is 0 Å². The minimum Gasteiger partial charge on any atom is -0.341 e. The van der Waals surface area contributed by atoms with E-state index in [-0.39, 0.29) is 30.5 Å². The summed E-state index contributed by atoms with van der Waals surface area (Å²) in [7, 11) is 3.84. The third-order valence-electron chi connectivity index (χ3n) is 5.01. The molecule has 2 amide bonds. The second-order valence-electron chi connectivity index (χ2n) is 7.73. The Bertz CT molecular complexity index is 818. The molecule has 9 nitrogen and oxygen atoms in total. The first-order chi connectivity index (χ1) is 15.4. The fourth-order valence-electron chi connectivity index (χ4n) is 2.97. The zero-order chi connectivity index (χ0) is 25.2. The van der Waals surface area contributed by atoms with Crippen molar-refractivity contribution >= 4 is 17.8 Å². The van der Waals surface area contributed by atoms with Gasteiger partial charge in [-0.25, -0.2) is 4.79 Å². The van der Waals surface area contributed by atoms with Crippen molar-refractivity contribution < 1.29 is 32.4 Å². The summed E-state index contributed by atoms with van der Waals surface area (Å²) in [6.07, 6.45) is -3.25. The largest absolute Gasteiger partial charge is 0.474 e. The topological polar surface area (TPSA) is 104 Å². The van der Waals surface area contributed by atoms with Gasteiger partial charge in [-0.2, -0.15) is 18.7 Å². The molecule has 1 atom stereocenters. The van der Waals surface area contributed by atoms with Gasteiger partial charge in [-0.15, -0.1) is 0 Å². The van der Waals surface area contributed by atoms with Crippen LogP contribution in [0.3, 0.4) is 0 Å². The van der Waals surface area contributed by atoms with Crippen molar-refractivity contribution in [3.63, 3.8) is 0 Å². The molecule has 1 rings (SSSR count). The number of halogens is 3. The van der Waals surface area contributed by atoms with Crippen molar-refractivity contribution in [3.8, 4) is 0 Å². The average Bonchev–Trinajstić information content (AvgIpc) is 2.75. The molecule has 1 heterocycles. The number of likely N-dealkylation sites (N-methyl/N-ethyl adjacent to an activating group) is 2. The maximum Gasteiger partial charge on any atom is 0.474 e. The zero-order valence-corrected chi connectivity index (χ0v) is 19.6. The number of rotatable bonds is 11. The first kappa shape index (κ1) is 28.3. The van der Waals surface area contributed by atoms with Crippen molar-refractivity contribution in [1.29, 1.82) is 0 Å². The van der Waals surface area contributed by atoms with Crippen LogP contribution in [-0.2, 0) is 21.0 Å². The number of alkyl halides is 3. The Morgan fingerprint density at radius 3 is 2.39 bits per heavy atom. The molecule has 0 saturated carbocycles. The number of nitrogens with zero attached hydrogens (tertiary/aromatic N) is 3. The number of hydroxylamine groups is 1. The fraction of sp³-hybridized carbons (Fsp3) is 0.619. The predicted octanol–water partition coefficient (Wildman–Crippen LogP) is 1.85. The van der Waals surface area contributed by atoms with Crippen LogP contribution in [0.15, 0.2) is 12.3 Å². The van der Waals surface area contributed by atoms with Gasteiger partial charge in [0.2, 0.25) is 5.91 Å². The Balaban J connectivity index is 2.92. The lowest BCUT2D eigenvalue weighted by molar-refractivity contribution is -0.182. The second kappa shape index (κ2) is 13.1. The molecular weight excluding hydrogens is 443 g/mol. The van der Waals surface area contributed by atoms with Crippen LogP contribution in [0.2, 0.25) is 0 Å². The number of nitrogens with one attached hydrogen (secondary N) is 2. The van der Waals surface area contributed by atoms with Gasteiger partial charge in [0.15, 0.2) is 0 Å². The Labute approximate surface area is 191 Å². The van der Waals surface area contributed by atoms with Crippen LogP contribution >= 0.6 is 0 Å². The van der Waals surface area contributed by atoms with E-state index >= 15 is 0 Å². The Hall–Kier alpha value is -2.73. The van der Waals surface area contributed by atoms with Crippen molar-refractivity contribution in [2.24, 2.45) is 0 Å². The lowest BCUT2D eigenvalue weighted by Crippen LogP contribution is -2.41. The lowest BCUT2D eigenvalue weighted by atomic mass is 9.92. The molecule has 12 heteroatoms. The van der Waals surface area contributed by atoms with Gasteiger partial charge >= 0.3 is 18.1 Å². The summed E-state index contributed by atoms with van der Waals surface area (Å²) >= 11 is 0. The Kier molecular flexibility index (Phi) is 11.2. The first-order valence-corrected chi connectivity index (χ1v) is 10.6. The molecule has 0 fully saturated rings. The number of aromatic nitrogens is 1. The first-order valence-electron chi connectivity index (χ1n) is 10.6. The molecule has 0 aliphatic rings. The number of carbonyl (C=O) groups excluding carboxylic acids is 3. The van der Waals surface area contributed by atoms with Crippen LogP contribution in [0.1, 0.15) is 54.7 Å². The van der Waals surface area contributed by atoms with E-state index in [0.717, 1.165) is 12.0 Å². The minimum absolute atomic E-state index is 0.00822. The highest BCUT2D eigenvalue weighted by Crippen LogP contribution is 2.26. The Morgan fingerprint density at radius 2 is 1.85 bits per heavy atom. The molecule has 33 heavy (non-hydrogen) atoms. The summed E-state index contributed by atoms with van der Waals surface area (Å²) < 4.78 is 37.0. The number of hydrogen-bond donors (Lipinski definition) is 2. The van der Waals surface area contributed by atoms with E-state index < -0.39 is 18.1 Å². The summed E-state index contributed by atoms with van der Waals surface area (Å²) in [5, 5.41) is 3.02. The predicted molar refractivity (Wildman–Crippen MR) is 115 cm³/mol. The number of amides is 2. The fourth-order valence-corrected chi connectivity index (χ4v) is 2.97. The highest BCUT2D eigenvalue weighted by atomic mass is 19.4. The molecule has 0 saturated heterocycles. The second-order valence-corrected chi connectivity index (χ2v) is 7.73. The number of pyridine rings is 1. The van der Waals surface area contributed by atoms with E-state index in [2.05, 4.69) is 15.1 Å². The molecule has 2 N–H and O–H groups in total. The molecule has 0 bridgehead atoms. The monoisotopic (exact) mass is 475 g/mol. The van der Waals surface area contributed by atoms with Gasteiger partial charge in [-0.05, 0) is 45.0 Å². The molecule has 0 radical (unpaired) electrons. The SMILES string of the molecule is CCC(C)c1c(C(=O)ONC(=O)C(F)(F)F)ccnc1CNCC(=O)N(CC)CCN(C)C. The third kappa shape index (κ3) is 8.97. The molecule has 1 unspecified atom stereocenters. The lowest BCUT2D eigenvalue weighted by Gasteiger charge is -2.23. The van der Waals surface area contributed by atoms with Gasteiger partial charge in [-0.1, -0.05) is 13.8 Å². The molecule has 0 aliphatic heterocycles. The van der Waals surface area contributed by atoms with Crippen molar-refractivity contribution in [2.75, 3.05) is 40.3 Å². The smallest absolute Gasteiger partial charge is 0.341 e. The standard InChI is InChI=1S/C21H32F3N5O4/c1-6-14(3)18-15(19(31)33-27-20(32)21(22,23)24)8-9-26-16(18)12-25-13-17(30)29(7-2)11-10-28(4)5/h8-9,14,25H,6-7,10-13H2,1-5H3,(H,27,32). The molecule has 1 aromatic heterocycles.